The number of para-hydroxylation sites is 1. The van der Waals surface area contributed by atoms with Gasteiger partial charge in [-0.1, -0.05) is 32.0 Å². The van der Waals surface area contributed by atoms with Gasteiger partial charge in [-0.15, -0.1) is 0 Å². The molecule has 27 heavy (non-hydrogen) atoms. The Kier molecular flexibility index (Phi) is 6.06. The van der Waals surface area contributed by atoms with Gasteiger partial charge in [0.25, 0.3) is 5.91 Å². The van der Waals surface area contributed by atoms with Gasteiger partial charge in [-0.25, -0.2) is 9.97 Å². The normalized spacial score (nSPS) is 15.0. The first-order valence-corrected chi connectivity index (χ1v) is 9.73. The summed E-state index contributed by atoms with van der Waals surface area (Å²) in [6, 6.07) is 8.10. The zero-order chi connectivity index (χ0) is 19.4. The van der Waals surface area contributed by atoms with Crippen LogP contribution in [0, 0.1) is 6.92 Å². The largest absolute Gasteiger partial charge is 0.335 e. The lowest BCUT2D eigenvalue weighted by atomic mass is 10.0. The number of carbonyl (C=O) groups excluding carboxylic acids is 1. The molecule has 1 N–H and O–H groups in total. The van der Waals surface area contributed by atoms with E-state index in [1.807, 2.05) is 11.8 Å². The van der Waals surface area contributed by atoms with Crippen molar-refractivity contribution >= 4 is 17.5 Å². The third-order valence-corrected chi connectivity index (χ3v) is 5.10. The molecule has 2 aromatic rings. The first kappa shape index (κ1) is 19.3. The van der Waals surface area contributed by atoms with E-state index in [1.54, 1.807) is 6.07 Å². The molecule has 1 aliphatic heterocycles. The number of piperazine rings is 1. The molecule has 1 amide bonds. The van der Waals surface area contributed by atoms with Crippen molar-refractivity contribution in [3.05, 3.63) is 46.8 Å². The van der Waals surface area contributed by atoms with E-state index in [4.69, 9.17) is 0 Å². The summed E-state index contributed by atoms with van der Waals surface area (Å²) in [7, 11) is 2.08. The summed E-state index contributed by atoms with van der Waals surface area (Å²) in [5, 5.41) is 3.39. The number of hydrogen-bond acceptors (Lipinski definition) is 5. The van der Waals surface area contributed by atoms with Gasteiger partial charge in [0.05, 0.1) is 0 Å². The molecule has 144 valence electrons. The van der Waals surface area contributed by atoms with E-state index in [1.165, 1.54) is 11.1 Å². The third-order valence-electron chi connectivity index (χ3n) is 5.10. The maximum Gasteiger partial charge on any atom is 0.272 e. The Morgan fingerprint density at radius 1 is 1.07 bits per heavy atom. The van der Waals surface area contributed by atoms with Crippen LogP contribution in [0.15, 0.2) is 24.3 Å². The molecule has 6 nitrogen and oxygen atoms in total. The molecule has 0 unspecified atom stereocenters. The predicted molar refractivity (Wildman–Crippen MR) is 109 cm³/mol. The van der Waals surface area contributed by atoms with Crippen LogP contribution in [-0.4, -0.2) is 58.9 Å². The highest BCUT2D eigenvalue weighted by Crippen LogP contribution is 2.25. The second kappa shape index (κ2) is 8.48. The second-order valence-electron chi connectivity index (χ2n) is 7.10. The van der Waals surface area contributed by atoms with E-state index in [2.05, 4.69) is 59.3 Å². The smallest absolute Gasteiger partial charge is 0.272 e. The van der Waals surface area contributed by atoms with E-state index in [0.717, 1.165) is 50.4 Å². The van der Waals surface area contributed by atoms with Gasteiger partial charge in [-0.2, -0.15) is 0 Å². The number of nitrogens with zero attached hydrogens (tertiary/aromatic N) is 4. The summed E-state index contributed by atoms with van der Waals surface area (Å²) in [5.74, 6) is 0.471. The topological polar surface area (TPSA) is 61.4 Å². The Labute approximate surface area is 161 Å². The van der Waals surface area contributed by atoms with Crippen molar-refractivity contribution in [2.24, 2.45) is 0 Å². The molecule has 0 radical (unpaired) electrons. The highest BCUT2D eigenvalue weighted by Gasteiger charge is 2.22. The number of anilines is 2. The molecule has 0 spiro atoms. The van der Waals surface area contributed by atoms with Crippen LogP contribution in [0.2, 0.25) is 0 Å². The summed E-state index contributed by atoms with van der Waals surface area (Å²) in [5.41, 5.74) is 4.77. The Hall–Kier alpha value is -2.47. The lowest BCUT2D eigenvalue weighted by Crippen LogP contribution is -2.47. The molecule has 0 saturated carbocycles. The fraction of sp³-hybridized carbons (Fsp3) is 0.476. The second-order valence-corrected chi connectivity index (χ2v) is 7.10. The van der Waals surface area contributed by atoms with Crippen LogP contribution in [0.5, 0.6) is 0 Å². The minimum Gasteiger partial charge on any atom is -0.335 e. The Morgan fingerprint density at radius 2 is 1.70 bits per heavy atom. The van der Waals surface area contributed by atoms with E-state index in [-0.39, 0.29) is 5.91 Å². The molecule has 1 aromatic carbocycles. The number of likely N-dealkylation sites (N-methyl/N-ethyl adjacent to an activating group) is 1. The molecular weight excluding hydrogens is 338 g/mol. The van der Waals surface area contributed by atoms with Gasteiger partial charge in [0.2, 0.25) is 5.95 Å². The zero-order valence-corrected chi connectivity index (χ0v) is 16.7. The van der Waals surface area contributed by atoms with Gasteiger partial charge >= 0.3 is 0 Å². The standard InChI is InChI=1S/C21H29N5O/c1-5-16-8-7-9-17(6-2)19(16)24-21-22-15(3)14-18(23-21)20(27)26-12-10-25(4)11-13-26/h7-9,14H,5-6,10-13H2,1-4H3,(H,22,23,24). The van der Waals surface area contributed by atoms with E-state index < -0.39 is 0 Å². The Balaban J connectivity index is 1.87. The van der Waals surface area contributed by atoms with Crippen molar-refractivity contribution in [3.8, 4) is 0 Å². The molecule has 2 heterocycles. The third kappa shape index (κ3) is 4.45. The maximum absolute atomic E-state index is 12.9. The molecule has 1 saturated heterocycles. The summed E-state index contributed by atoms with van der Waals surface area (Å²) >= 11 is 0. The van der Waals surface area contributed by atoms with Crippen LogP contribution in [-0.2, 0) is 12.8 Å². The van der Waals surface area contributed by atoms with Gasteiger partial charge < -0.3 is 15.1 Å². The van der Waals surface area contributed by atoms with Gasteiger partial charge in [0.15, 0.2) is 0 Å². The predicted octanol–water partition coefficient (Wildman–Crippen LogP) is 3.04. The molecule has 3 rings (SSSR count). The van der Waals surface area contributed by atoms with Crippen LogP contribution in [0.4, 0.5) is 11.6 Å². The fourth-order valence-electron chi connectivity index (χ4n) is 3.42. The van der Waals surface area contributed by atoms with Crippen molar-refractivity contribution < 1.29 is 4.79 Å². The van der Waals surface area contributed by atoms with Crippen LogP contribution < -0.4 is 5.32 Å². The van der Waals surface area contributed by atoms with Crippen LogP contribution in [0.25, 0.3) is 0 Å². The first-order valence-electron chi connectivity index (χ1n) is 9.73. The molecule has 1 aliphatic rings. The van der Waals surface area contributed by atoms with Crippen LogP contribution in [0.1, 0.15) is 41.2 Å². The summed E-state index contributed by atoms with van der Waals surface area (Å²) in [6.45, 7) is 9.44. The van der Waals surface area contributed by atoms with Crippen LogP contribution in [0.3, 0.4) is 0 Å². The number of benzene rings is 1. The first-order chi connectivity index (χ1) is 13.0. The molecular formula is C21H29N5O. The number of carbonyl (C=O) groups is 1. The number of nitrogens with one attached hydrogen (secondary N) is 1. The molecule has 1 fully saturated rings. The number of aryl methyl sites for hydroxylation is 3. The zero-order valence-electron chi connectivity index (χ0n) is 16.7. The average molecular weight is 367 g/mol. The SMILES string of the molecule is CCc1cccc(CC)c1Nc1nc(C)cc(C(=O)N2CCN(C)CC2)n1. The fourth-order valence-corrected chi connectivity index (χ4v) is 3.42. The van der Waals surface area contributed by atoms with Crippen LogP contribution >= 0.6 is 0 Å². The lowest BCUT2D eigenvalue weighted by Gasteiger charge is -2.32. The minimum absolute atomic E-state index is 0.0175. The minimum atomic E-state index is -0.0175. The van der Waals surface area contributed by atoms with Crippen molar-refractivity contribution in [1.82, 2.24) is 19.8 Å². The van der Waals surface area contributed by atoms with Crippen molar-refractivity contribution in [2.75, 3.05) is 38.5 Å². The molecule has 0 bridgehead atoms. The van der Waals surface area contributed by atoms with E-state index >= 15 is 0 Å². The number of amides is 1. The van der Waals surface area contributed by atoms with Crippen molar-refractivity contribution in [1.29, 1.82) is 0 Å². The Bertz CT molecular complexity index is 790. The molecule has 1 aromatic heterocycles. The lowest BCUT2D eigenvalue weighted by molar-refractivity contribution is 0.0658. The highest BCUT2D eigenvalue weighted by molar-refractivity contribution is 5.92. The quantitative estimate of drug-likeness (QED) is 0.880. The Morgan fingerprint density at radius 3 is 2.30 bits per heavy atom. The maximum atomic E-state index is 12.9. The monoisotopic (exact) mass is 367 g/mol. The molecule has 0 aliphatic carbocycles. The number of aromatic nitrogens is 2. The van der Waals surface area contributed by atoms with Gasteiger partial charge in [0, 0.05) is 37.6 Å². The van der Waals surface area contributed by atoms with Crippen molar-refractivity contribution in [3.63, 3.8) is 0 Å². The average Bonchev–Trinajstić information content (AvgIpc) is 2.67. The van der Waals surface area contributed by atoms with Gasteiger partial charge in [-0.3, -0.25) is 4.79 Å². The summed E-state index contributed by atoms with van der Waals surface area (Å²) in [6.07, 6.45) is 1.85. The van der Waals surface area contributed by atoms with Gasteiger partial charge in [0.1, 0.15) is 5.69 Å². The summed E-state index contributed by atoms with van der Waals surface area (Å²) in [4.78, 5) is 26.1. The summed E-state index contributed by atoms with van der Waals surface area (Å²) < 4.78 is 0. The van der Waals surface area contributed by atoms with Crippen molar-refractivity contribution in [2.45, 2.75) is 33.6 Å². The molecule has 6 heteroatoms. The number of hydrogen-bond donors (Lipinski definition) is 1. The number of rotatable bonds is 5. The molecule has 0 atom stereocenters. The van der Waals surface area contributed by atoms with E-state index in [0.29, 0.717) is 11.6 Å². The highest BCUT2D eigenvalue weighted by atomic mass is 16.2. The van der Waals surface area contributed by atoms with E-state index in [9.17, 15) is 4.79 Å². The van der Waals surface area contributed by atoms with Gasteiger partial charge in [-0.05, 0) is 44.0 Å².